The smallest absolute Gasteiger partial charge is 0.0342 e. The molecule has 0 nitrogen and oxygen atoms in total. The van der Waals surface area contributed by atoms with E-state index in [4.69, 9.17) is 0 Å². The molecule has 0 aromatic carbocycles. The van der Waals surface area contributed by atoms with E-state index in [1.807, 2.05) is 0 Å². The summed E-state index contributed by atoms with van der Waals surface area (Å²) in [5.41, 5.74) is 0. The highest BCUT2D eigenvalue weighted by Crippen LogP contribution is 2.54. The summed E-state index contributed by atoms with van der Waals surface area (Å²) in [4.78, 5) is 0. The first-order valence-electron chi connectivity index (χ1n) is 23.9. The van der Waals surface area contributed by atoms with E-state index in [0.29, 0.717) is 0 Å². The average Bonchev–Trinajstić information content (AvgIpc) is 2.98. The van der Waals surface area contributed by atoms with E-state index in [1.165, 1.54) is 30.7 Å². The van der Waals surface area contributed by atoms with Crippen LogP contribution in [0, 0.1) is 0 Å². The summed E-state index contributed by atoms with van der Waals surface area (Å²) in [6, 6.07) is 9.88. The maximum atomic E-state index is 2.94. The van der Waals surface area contributed by atoms with Gasteiger partial charge in [-0.1, -0.05) is 239 Å². The third kappa shape index (κ3) is 8.30. The van der Waals surface area contributed by atoms with Crippen molar-refractivity contribution in [3.8, 4) is 0 Å². The van der Waals surface area contributed by atoms with E-state index < -0.39 is 115 Å². The van der Waals surface area contributed by atoms with Crippen molar-refractivity contribution in [2.24, 2.45) is 0 Å². The Morgan fingerprint density at radius 2 is 0.464 bits per heavy atom. The van der Waals surface area contributed by atoms with Crippen molar-refractivity contribution in [1.82, 2.24) is 0 Å². The van der Waals surface area contributed by atoms with Crippen molar-refractivity contribution >= 4 is 145 Å². The molecule has 2 fully saturated rings. The molecule has 0 aromatic rings. The van der Waals surface area contributed by atoms with Crippen LogP contribution in [0.1, 0.15) is 0 Å². The van der Waals surface area contributed by atoms with Gasteiger partial charge in [-0.3, -0.25) is 0 Å². The third-order valence-electron chi connectivity index (χ3n) is 23.2. The summed E-state index contributed by atoms with van der Waals surface area (Å²) in [7, 11) is -10.2. The van der Waals surface area contributed by atoms with Gasteiger partial charge in [0.25, 0.3) is 0 Å². The largest absolute Gasteiger partial charge is 0.0735 e. The van der Waals surface area contributed by atoms with Crippen LogP contribution in [0.25, 0.3) is 0 Å². The zero-order valence-electron chi connectivity index (χ0n) is 46.2. The SMILES string of the molecule is C[Si](C)(C)[Si]([Si](C)(C)C)([Si](C)(C)C)[Si](C)(C)CC[SiH3].C[Si]1(C)[Si](C)(C)[Si](C)(C)[Si](C)(CC[SiH3])[Si](C)(C)[Si]1(C)C.C[Si]1(C)[Si](C)(C)[Si](C)(C)[Si](C)(CC[SiH3])[Si]1(C)C. The van der Waals surface area contributed by atoms with Gasteiger partial charge in [-0.15, -0.1) is 0 Å². The first-order valence-corrected chi connectivity index (χ1v) is 91.3. The maximum Gasteiger partial charge on any atom is 0.0342 e. The molecular formula is C37H114Si19. The quantitative estimate of drug-likeness (QED) is 0.191. The van der Waals surface area contributed by atoms with E-state index in [2.05, 4.69) is 203 Å². The Balaban J connectivity index is 0.000000813. The van der Waals surface area contributed by atoms with Crippen LogP contribution in [-0.4, -0.2) is 145 Å². The maximum absolute atomic E-state index is 2.94. The van der Waals surface area contributed by atoms with Crippen LogP contribution < -0.4 is 0 Å². The van der Waals surface area contributed by atoms with Gasteiger partial charge in [0.2, 0.25) is 0 Å². The zero-order valence-corrected chi connectivity index (χ0v) is 68.2. The normalized spacial score (nSPS) is 26.4. The Morgan fingerprint density at radius 1 is 0.286 bits per heavy atom. The fourth-order valence-electron chi connectivity index (χ4n) is 17.7. The summed E-state index contributed by atoms with van der Waals surface area (Å²) in [5.74, 6) is 0. The predicted octanol–water partition coefficient (Wildman–Crippen LogP) is 11.2. The molecule has 338 valence electrons. The molecule has 2 heterocycles. The number of hydrogen-bond acceptors (Lipinski definition) is 0. The minimum atomic E-state index is -1.07. The lowest BCUT2D eigenvalue weighted by molar-refractivity contribution is 1.38. The molecule has 2 saturated heterocycles. The average molecular weight is 1090 g/mol. The molecule has 0 aliphatic carbocycles. The first kappa shape index (κ1) is 60.1. The Bertz CT molecular complexity index is 1250. The molecule has 0 atom stereocenters. The van der Waals surface area contributed by atoms with Crippen LogP contribution in [0.15, 0.2) is 0 Å². The van der Waals surface area contributed by atoms with Crippen LogP contribution in [-0.2, 0) is 0 Å². The van der Waals surface area contributed by atoms with Gasteiger partial charge in [0.05, 0.1) is 0 Å². The first-order chi connectivity index (χ1) is 23.9. The minimum absolute atomic E-state index is 0.876. The fourth-order valence-corrected chi connectivity index (χ4v) is 661. The van der Waals surface area contributed by atoms with Gasteiger partial charge < -0.3 is 0 Å². The minimum Gasteiger partial charge on any atom is -0.0735 e. The van der Waals surface area contributed by atoms with Crippen molar-refractivity contribution in [2.75, 3.05) is 0 Å². The zero-order chi connectivity index (χ0) is 46.2. The molecule has 0 spiro atoms. The van der Waals surface area contributed by atoms with Gasteiger partial charge in [-0.25, -0.2) is 0 Å². The molecule has 0 radical (unpaired) electrons. The van der Waals surface area contributed by atoms with E-state index >= 15 is 0 Å². The molecule has 2 aliphatic heterocycles. The van der Waals surface area contributed by atoms with Crippen LogP contribution in [0.2, 0.25) is 239 Å². The van der Waals surface area contributed by atoms with Gasteiger partial charge in [0, 0.05) is 145 Å². The molecule has 56 heavy (non-hydrogen) atoms. The molecule has 2 rings (SSSR count). The molecule has 0 aromatic heterocycles. The highest BCUT2D eigenvalue weighted by atomic mass is 30.2. The van der Waals surface area contributed by atoms with Crippen LogP contribution in [0.5, 0.6) is 0 Å². The van der Waals surface area contributed by atoms with E-state index in [1.54, 1.807) is 36.3 Å². The second kappa shape index (κ2) is 17.7. The highest BCUT2D eigenvalue weighted by molar-refractivity contribution is 8.14. The molecule has 0 unspecified atom stereocenters. The van der Waals surface area contributed by atoms with Crippen molar-refractivity contribution in [1.29, 1.82) is 0 Å². The molecule has 0 N–H and O–H groups in total. The van der Waals surface area contributed by atoms with Gasteiger partial charge in [0.1, 0.15) is 0 Å². The van der Waals surface area contributed by atoms with Crippen molar-refractivity contribution in [2.45, 2.75) is 239 Å². The number of rotatable bonds is 10. The lowest BCUT2D eigenvalue weighted by Crippen LogP contribution is -3.01. The summed E-state index contributed by atoms with van der Waals surface area (Å²) in [6.45, 7) is 87.9. The molecule has 0 amide bonds. The fraction of sp³-hybridized carbons (Fsp3) is 1.00. The Morgan fingerprint density at radius 3 is 0.607 bits per heavy atom. The van der Waals surface area contributed by atoms with Crippen molar-refractivity contribution in [3.05, 3.63) is 0 Å². The van der Waals surface area contributed by atoms with Crippen LogP contribution in [0.3, 0.4) is 0 Å². The van der Waals surface area contributed by atoms with Gasteiger partial charge in [0.15, 0.2) is 0 Å². The second-order valence-electron chi connectivity index (χ2n) is 28.9. The van der Waals surface area contributed by atoms with Gasteiger partial charge >= 0.3 is 0 Å². The summed E-state index contributed by atoms with van der Waals surface area (Å²) >= 11 is 0. The van der Waals surface area contributed by atoms with E-state index in [-0.39, 0.29) is 0 Å². The van der Waals surface area contributed by atoms with Crippen molar-refractivity contribution in [3.63, 3.8) is 0 Å². The Hall–Kier alpha value is 4.12. The van der Waals surface area contributed by atoms with E-state index in [0.717, 1.165) is 0 Å². The topological polar surface area (TPSA) is 0 Å². The summed E-state index contributed by atoms with van der Waals surface area (Å²) < 4.78 is 0. The molecule has 19 heteroatoms. The summed E-state index contributed by atoms with van der Waals surface area (Å²) in [6.07, 6.45) is -1.07. The number of hydrogen-bond donors (Lipinski definition) is 0. The van der Waals surface area contributed by atoms with Gasteiger partial charge in [-0.2, -0.15) is 0 Å². The molecule has 2 aliphatic rings. The third-order valence-corrected chi connectivity index (χ3v) is 428. The second-order valence-corrected chi connectivity index (χ2v) is 220. The Kier molecular flexibility index (Phi) is 19.0. The predicted molar refractivity (Wildman–Crippen MR) is 333 cm³/mol. The summed E-state index contributed by atoms with van der Waals surface area (Å²) in [5, 5.41) is 0. The molecular weight excluding hydrogens is 978 g/mol. The standard InChI is InChI=1S/C13H40Si7.C13H40Si6.C11H34Si6/c1-15(2)16(3,4)18(7,8)20(11,13-12-14)19(9,10)17(15,5)6;1-15(2,3)19(16(4,5)6,17(7,8)9)18(10,11)13-12-14;1-13(2)14(3,4)16(7,8)17(9,11-10-12)15(13,5)6/h12-13H2,1-11,14H3;12-13H2,1-11,14H3;10-11H2,1-9,12H3. The monoisotopic (exact) mass is 1090 g/mol. The highest BCUT2D eigenvalue weighted by Gasteiger charge is 2.78. The van der Waals surface area contributed by atoms with Crippen molar-refractivity contribution < 1.29 is 0 Å². The lowest BCUT2D eigenvalue weighted by atomic mass is 10.9. The van der Waals surface area contributed by atoms with Crippen LogP contribution >= 0.6 is 0 Å². The van der Waals surface area contributed by atoms with E-state index in [9.17, 15) is 0 Å². The van der Waals surface area contributed by atoms with Crippen LogP contribution in [0.4, 0.5) is 0 Å². The lowest BCUT2D eigenvalue weighted by Gasteiger charge is -2.73. The molecule has 0 bridgehead atoms. The van der Waals surface area contributed by atoms with Gasteiger partial charge in [-0.05, 0) is 0 Å². The Labute approximate surface area is 380 Å². The molecule has 0 saturated carbocycles.